The molecule has 93 valence electrons. The zero-order chi connectivity index (χ0) is 13.7. The quantitative estimate of drug-likeness (QED) is 0.613. The van der Waals surface area contributed by atoms with Crippen LogP contribution in [0.5, 0.6) is 0 Å². The summed E-state index contributed by atoms with van der Waals surface area (Å²) >= 11 is 0. The maximum atomic E-state index is 5.41. The molecule has 0 saturated carbocycles. The highest BCUT2D eigenvalue weighted by atomic mass is 28.3. The highest BCUT2D eigenvalue weighted by molar-refractivity contribution is 6.48. The van der Waals surface area contributed by atoms with Crippen molar-refractivity contribution in [3.8, 4) is 0 Å². The first kappa shape index (κ1) is 15.6. The Balaban J connectivity index is 2.99. The fourth-order valence-electron chi connectivity index (χ4n) is 1.76. The molecule has 0 saturated heterocycles. The third-order valence-electron chi connectivity index (χ3n) is 3.31. The normalized spacial score (nSPS) is 12.6. The summed E-state index contributed by atoms with van der Waals surface area (Å²) in [5.74, 6) is 0. The second kappa shape index (κ2) is 7.20. The second-order valence-electron chi connectivity index (χ2n) is 4.32. The minimum Gasteiger partial charge on any atom is -0.435 e. The van der Waals surface area contributed by atoms with Gasteiger partial charge in [-0.25, -0.2) is 0 Å². The van der Waals surface area contributed by atoms with Crippen LogP contribution in [-0.4, -0.2) is 30.3 Å². The van der Waals surface area contributed by atoms with Gasteiger partial charge in [0.15, 0.2) is 0 Å². The Morgan fingerprint density at radius 1 is 1.11 bits per heavy atom. The van der Waals surface area contributed by atoms with Crippen molar-refractivity contribution < 1.29 is 8.23 Å². The Morgan fingerprint density at radius 2 is 1.78 bits per heavy atom. The predicted molar refractivity (Wildman–Crippen MR) is 78.4 cm³/mol. The van der Waals surface area contributed by atoms with Crippen molar-refractivity contribution in [1.82, 2.24) is 0 Å². The van der Waals surface area contributed by atoms with Gasteiger partial charge in [-0.1, -0.05) is 17.3 Å². The van der Waals surface area contributed by atoms with Crippen LogP contribution in [0.1, 0.15) is 36.1 Å². The van der Waals surface area contributed by atoms with Crippen molar-refractivity contribution in [1.29, 1.82) is 0 Å². The summed E-state index contributed by atoms with van der Waals surface area (Å²) in [5.41, 5.74) is 6.68. The lowest BCUT2D eigenvalue weighted by atomic mass is 9.94. The van der Waals surface area contributed by atoms with E-state index < -0.39 is 0 Å². The largest absolute Gasteiger partial charge is 0.435 e. The number of benzene rings is 1. The first-order valence-corrected chi connectivity index (χ1v) is 7.86. The van der Waals surface area contributed by atoms with Crippen LogP contribution in [0.4, 0.5) is 0 Å². The van der Waals surface area contributed by atoms with Gasteiger partial charge in [0.05, 0.1) is 0 Å². The Morgan fingerprint density at radius 3 is 2.39 bits per heavy atom. The molecule has 0 bridgehead atoms. The average molecular weight is 290 g/mol. The molecule has 0 atom stereocenters. The van der Waals surface area contributed by atoms with Crippen molar-refractivity contribution >= 4 is 35.8 Å². The summed E-state index contributed by atoms with van der Waals surface area (Å²) in [7, 11) is 3.32. The molecule has 0 N–H and O–H groups in total. The van der Waals surface area contributed by atoms with E-state index in [1.165, 1.54) is 33.0 Å². The maximum Gasteiger partial charge on any atom is 0.409 e. The third-order valence-corrected chi connectivity index (χ3v) is 5.07. The maximum absolute atomic E-state index is 5.41. The standard InChI is InChI=1S/C13H17O2Si3/c1-8-6-7-13(10(3)9(8)2)11(4)12(5)17-15-18-14-16/h6-7H,1-5H3. The highest BCUT2D eigenvalue weighted by Gasteiger charge is 2.08. The van der Waals surface area contributed by atoms with Gasteiger partial charge < -0.3 is 8.23 Å². The van der Waals surface area contributed by atoms with Crippen molar-refractivity contribution in [3.63, 3.8) is 0 Å². The van der Waals surface area contributed by atoms with E-state index in [4.69, 9.17) is 8.23 Å². The van der Waals surface area contributed by atoms with Crippen LogP contribution in [0, 0.1) is 20.8 Å². The topological polar surface area (TPSA) is 18.5 Å². The SMILES string of the molecule is CC([Si]O[Si]O[Si])=C(C)c1ccc(C)c(C)c1C. The molecule has 7 radical (unpaired) electrons. The van der Waals surface area contributed by atoms with Gasteiger partial charge in [0.1, 0.15) is 0 Å². The summed E-state index contributed by atoms with van der Waals surface area (Å²) in [4.78, 5) is 0. The summed E-state index contributed by atoms with van der Waals surface area (Å²) in [6, 6.07) is 4.38. The van der Waals surface area contributed by atoms with Crippen LogP contribution >= 0.6 is 0 Å². The van der Waals surface area contributed by atoms with E-state index in [0.29, 0.717) is 9.76 Å². The summed E-state index contributed by atoms with van der Waals surface area (Å²) in [6.07, 6.45) is 0. The van der Waals surface area contributed by atoms with Gasteiger partial charge >= 0.3 is 10.0 Å². The van der Waals surface area contributed by atoms with Crippen molar-refractivity contribution in [2.24, 2.45) is 0 Å². The van der Waals surface area contributed by atoms with Crippen LogP contribution in [0.3, 0.4) is 0 Å². The molecule has 0 aliphatic heterocycles. The lowest BCUT2D eigenvalue weighted by Crippen LogP contribution is -2.09. The lowest BCUT2D eigenvalue weighted by Gasteiger charge is -2.14. The first-order chi connectivity index (χ1) is 8.49. The first-order valence-electron chi connectivity index (χ1n) is 5.73. The van der Waals surface area contributed by atoms with Gasteiger partial charge in [-0.3, -0.25) is 0 Å². The van der Waals surface area contributed by atoms with E-state index in [2.05, 4.69) is 57.2 Å². The molecule has 0 aliphatic carbocycles. The molecule has 0 aliphatic rings. The van der Waals surface area contributed by atoms with Crippen LogP contribution < -0.4 is 0 Å². The number of rotatable bonds is 5. The molecule has 5 heteroatoms. The number of hydrogen-bond acceptors (Lipinski definition) is 2. The Labute approximate surface area is 118 Å². The molecule has 0 spiro atoms. The van der Waals surface area contributed by atoms with Gasteiger partial charge in [0.2, 0.25) is 10.5 Å². The summed E-state index contributed by atoms with van der Waals surface area (Å²) in [5, 5.41) is 1.26. The van der Waals surface area contributed by atoms with Crippen LogP contribution in [0.25, 0.3) is 5.57 Å². The minimum atomic E-state index is 0.0427. The van der Waals surface area contributed by atoms with E-state index in [0.717, 1.165) is 0 Å². The molecule has 0 unspecified atom stereocenters. The molecule has 1 aromatic rings. The molecule has 0 heterocycles. The van der Waals surface area contributed by atoms with Crippen molar-refractivity contribution in [2.75, 3.05) is 0 Å². The average Bonchev–Trinajstić information content (AvgIpc) is 2.35. The molecule has 0 amide bonds. The highest BCUT2D eigenvalue weighted by Crippen LogP contribution is 2.25. The minimum absolute atomic E-state index is 0.0427. The second-order valence-corrected chi connectivity index (χ2v) is 7.07. The van der Waals surface area contributed by atoms with Gasteiger partial charge in [-0.15, -0.1) is 0 Å². The smallest absolute Gasteiger partial charge is 0.409 e. The number of hydrogen-bond donors (Lipinski definition) is 0. The van der Waals surface area contributed by atoms with Crippen LogP contribution in [0.2, 0.25) is 0 Å². The lowest BCUT2D eigenvalue weighted by molar-refractivity contribution is 0.506. The van der Waals surface area contributed by atoms with E-state index >= 15 is 0 Å². The summed E-state index contributed by atoms with van der Waals surface area (Å²) in [6.45, 7) is 10.8. The molecule has 18 heavy (non-hydrogen) atoms. The third kappa shape index (κ3) is 3.76. The van der Waals surface area contributed by atoms with Crippen LogP contribution in [0.15, 0.2) is 17.3 Å². The number of aryl methyl sites for hydroxylation is 1. The van der Waals surface area contributed by atoms with E-state index in [1.807, 2.05) is 0 Å². The van der Waals surface area contributed by atoms with Gasteiger partial charge in [0, 0.05) is 0 Å². The number of allylic oxidation sites excluding steroid dienone is 2. The van der Waals surface area contributed by atoms with E-state index in [9.17, 15) is 0 Å². The monoisotopic (exact) mass is 289 g/mol. The molecule has 0 fully saturated rings. The summed E-state index contributed by atoms with van der Waals surface area (Å²) < 4.78 is 10.1. The fourth-order valence-corrected chi connectivity index (χ4v) is 3.37. The Bertz CT molecular complexity index is 456. The molecule has 0 aromatic heterocycles. The molecular formula is C13H17O2Si3. The molecule has 1 rings (SSSR count). The van der Waals surface area contributed by atoms with E-state index in [-0.39, 0.29) is 10.0 Å². The predicted octanol–water partition coefficient (Wildman–Crippen LogP) is 2.63. The Kier molecular flexibility index (Phi) is 6.24. The molecule has 1 aromatic carbocycles. The van der Waals surface area contributed by atoms with Crippen molar-refractivity contribution in [3.05, 3.63) is 39.6 Å². The molecular weight excluding hydrogens is 272 g/mol. The Hall–Kier alpha value is -0.469. The van der Waals surface area contributed by atoms with Gasteiger partial charge in [-0.05, 0) is 62.4 Å². The fraction of sp³-hybridized carbons (Fsp3) is 0.385. The van der Waals surface area contributed by atoms with Crippen molar-refractivity contribution in [2.45, 2.75) is 34.6 Å². The molecule has 2 nitrogen and oxygen atoms in total. The van der Waals surface area contributed by atoms with Gasteiger partial charge in [-0.2, -0.15) is 0 Å². The van der Waals surface area contributed by atoms with Crippen LogP contribution in [-0.2, 0) is 8.23 Å². The van der Waals surface area contributed by atoms with E-state index in [1.54, 1.807) is 0 Å². The zero-order valence-electron chi connectivity index (χ0n) is 11.5. The zero-order valence-corrected chi connectivity index (χ0v) is 14.5. The van der Waals surface area contributed by atoms with Gasteiger partial charge in [0.25, 0.3) is 9.76 Å².